The number of hydrogen-bond acceptors (Lipinski definition) is 18. The Morgan fingerprint density at radius 3 is 2.51 bits per heavy atom. The Kier molecular flexibility index (Phi) is 10.1. The zero-order valence-corrected chi connectivity index (χ0v) is 25.9. The molecule has 0 saturated carbocycles. The maximum absolute atomic E-state index is 13.1. The number of carbonyl (C=O) groups excluding carboxylic acids is 1. The standard InChI is InChI=1S/C22H30N8O15P2/c1-9(31)21(33)44-17-12(43-20(16(17)32)30-8-27-15-18(24)25-7-26-19(15)30)6-41-47(38,39)45-10-4-14(29-3-2-13(23)28-22(29)34)42-11(10)5-40-46(35,36)37/h2-3,7-12,14,16-17,20,31-32H,4-6H2,1H3,(H,38,39)(H2,23,28,34)(H2,24,25,26)(H2,35,36,37)/t9?,10-,11+,12+,14+,16+,17+,20+/m0/s1. The molecule has 0 radical (unpaired) electrons. The summed E-state index contributed by atoms with van der Waals surface area (Å²) in [5.74, 6) is -1.22. The molecule has 3 aromatic heterocycles. The number of carbonyl (C=O) groups is 1. The van der Waals surface area contributed by atoms with Crippen LogP contribution in [-0.2, 0) is 41.7 Å². The van der Waals surface area contributed by atoms with Gasteiger partial charge in [0, 0.05) is 12.6 Å². The van der Waals surface area contributed by atoms with Gasteiger partial charge in [-0.25, -0.2) is 33.7 Å². The molecular weight excluding hydrogens is 678 g/mol. The molecule has 0 amide bonds. The van der Waals surface area contributed by atoms with E-state index >= 15 is 0 Å². The van der Waals surface area contributed by atoms with Crippen LogP contribution < -0.4 is 17.2 Å². The summed E-state index contributed by atoms with van der Waals surface area (Å²) >= 11 is 0. The fraction of sp³-hybridized carbons (Fsp3) is 0.545. The minimum Gasteiger partial charge on any atom is -0.455 e. The smallest absolute Gasteiger partial charge is 0.455 e. The molecule has 2 fully saturated rings. The number of hydrogen-bond donors (Lipinski definition) is 7. The van der Waals surface area contributed by atoms with Gasteiger partial charge in [0.15, 0.2) is 23.8 Å². The zero-order chi connectivity index (χ0) is 34.3. The minimum atomic E-state index is -5.12. The van der Waals surface area contributed by atoms with Crippen molar-refractivity contribution in [1.82, 2.24) is 29.1 Å². The van der Waals surface area contributed by atoms with Crippen molar-refractivity contribution >= 4 is 44.4 Å². The Labute approximate surface area is 262 Å². The van der Waals surface area contributed by atoms with Crippen LogP contribution in [0.4, 0.5) is 11.6 Å². The number of phosphoric ester groups is 2. The number of rotatable bonds is 12. The van der Waals surface area contributed by atoms with Crippen LogP contribution in [0.2, 0.25) is 0 Å². The lowest BCUT2D eigenvalue weighted by Crippen LogP contribution is -2.40. The van der Waals surface area contributed by atoms with Crippen LogP contribution in [0, 0.1) is 0 Å². The predicted molar refractivity (Wildman–Crippen MR) is 151 cm³/mol. The molecule has 3 aromatic rings. The normalized spacial score (nSPS) is 28.3. The molecule has 0 aromatic carbocycles. The average molecular weight is 708 g/mol. The molecule has 258 valence electrons. The van der Waals surface area contributed by atoms with Gasteiger partial charge in [-0.1, -0.05) is 0 Å². The Morgan fingerprint density at radius 1 is 1.11 bits per heavy atom. The number of aliphatic hydroxyl groups excluding tert-OH is 2. The molecule has 9 atom stereocenters. The fourth-order valence-electron chi connectivity index (χ4n) is 4.83. The molecule has 0 aliphatic carbocycles. The van der Waals surface area contributed by atoms with Gasteiger partial charge >= 0.3 is 27.3 Å². The van der Waals surface area contributed by atoms with E-state index in [0.717, 1.165) is 17.8 Å². The Hall–Kier alpha value is -3.44. The first-order valence-corrected chi connectivity index (χ1v) is 16.6. The van der Waals surface area contributed by atoms with Gasteiger partial charge in [-0.05, 0) is 13.0 Å². The maximum Gasteiger partial charge on any atom is 0.472 e. The van der Waals surface area contributed by atoms with E-state index in [9.17, 15) is 33.8 Å². The highest BCUT2D eigenvalue weighted by atomic mass is 31.2. The topological polar surface area (TPSA) is 338 Å². The first-order valence-electron chi connectivity index (χ1n) is 13.5. The van der Waals surface area contributed by atoms with E-state index in [1.165, 1.54) is 23.2 Å². The van der Waals surface area contributed by atoms with Crippen molar-refractivity contribution < 1.29 is 66.6 Å². The molecule has 0 bridgehead atoms. The van der Waals surface area contributed by atoms with E-state index in [4.69, 9.17) is 44.5 Å². The molecule has 2 unspecified atom stereocenters. The van der Waals surface area contributed by atoms with Crippen molar-refractivity contribution in [3.05, 3.63) is 35.4 Å². The highest BCUT2D eigenvalue weighted by Gasteiger charge is 2.50. The molecule has 23 nitrogen and oxygen atoms in total. The highest BCUT2D eigenvalue weighted by Crippen LogP contribution is 2.50. The summed E-state index contributed by atoms with van der Waals surface area (Å²) in [6.07, 6.45) is -8.38. The molecule has 2 aliphatic rings. The molecule has 47 heavy (non-hydrogen) atoms. The molecule has 5 heterocycles. The first-order chi connectivity index (χ1) is 22.0. The van der Waals surface area contributed by atoms with Crippen LogP contribution >= 0.6 is 15.6 Å². The maximum atomic E-state index is 13.1. The van der Waals surface area contributed by atoms with Gasteiger partial charge in [0.05, 0.1) is 19.5 Å². The monoisotopic (exact) mass is 708 g/mol. The number of nitrogen functional groups attached to an aromatic ring is 2. The molecule has 2 aliphatic heterocycles. The van der Waals surface area contributed by atoms with Gasteiger partial charge in [-0.3, -0.25) is 22.7 Å². The molecule has 0 spiro atoms. The fourth-order valence-corrected chi connectivity index (χ4v) is 6.14. The van der Waals surface area contributed by atoms with Crippen molar-refractivity contribution in [2.45, 2.75) is 62.4 Å². The number of aliphatic hydroxyl groups is 2. The van der Waals surface area contributed by atoms with E-state index in [2.05, 4.69) is 24.5 Å². The number of anilines is 2. The second-order valence-corrected chi connectivity index (χ2v) is 13.0. The minimum absolute atomic E-state index is 0.0248. The Bertz CT molecular complexity index is 1770. The number of aromatic nitrogens is 6. The summed E-state index contributed by atoms with van der Waals surface area (Å²) in [6, 6.07) is 1.28. The van der Waals surface area contributed by atoms with Gasteiger partial charge in [0.2, 0.25) is 0 Å². The number of fused-ring (bicyclic) bond motifs is 1. The largest absolute Gasteiger partial charge is 0.472 e. The van der Waals surface area contributed by atoms with Crippen molar-refractivity contribution in [3.8, 4) is 0 Å². The van der Waals surface area contributed by atoms with Gasteiger partial charge in [-0.15, -0.1) is 0 Å². The van der Waals surface area contributed by atoms with Gasteiger partial charge in [-0.2, -0.15) is 4.98 Å². The number of imidazole rings is 1. The van der Waals surface area contributed by atoms with E-state index in [1.54, 1.807) is 0 Å². The van der Waals surface area contributed by atoms with Gasteiger partial charge in [0.1, 0.15) is 54.4 Å². The second-order valence-electron chi connectivity index (χ2n) is 10.3. The summed E-state index contributed by atoms with van der Waals surface area (Å²) in [7, 11) is -10.1. The third kappa shape index (κ3) is 8.00. The molecular formula is C22H30N8O15P2. The quantitative estimate of drug-likeness (QED) is 0.0768. The number of nitrogens with two attached hydrogens (primary N) is 2. The summed E-state index contributed by atoms with van der Waals surface area (Å²) in [4.78, 5) is 69.0. The summed E-state index contributed by atoms with van der Waals surface area (Å²) in [6.45, 7) is -0.554. The van der Waals surface area contributed by atoms with Crippen LogP contribution in [0.1, 0.15) is 25.8 Å². The van der Waals surface area contributed by atoms with Crippen molar-refractivity contribution in [2.24, 2.45) is 0 Å². The number of esters is 1. The SMILES string of the molecule is CC(O)C(=O)O[C@H]1[C@@H](O)[C@H](n2cnc3c(N)ncnc32)O[C@@H]1COP(=O)(O)O[C@H]1C[C@H](n2ccc(N)nc2=O)O[C@@H]1COP(=O)(O)O. The lowest BCUT2D eigenvalue weighted by Gasteiger charge is -2.24. The Morgan fingerprint density at radius 2 is 1.83 bits per heavy atom. The van der Waals surface area contributed by atoms with Crippen LogP contribution in [0.5, 0.6) is 0 Å². The van der Waals surface area contributed by atoms with Crippen molar-refractivity contribution in [2.75, 3.05) is 24.7 Å². The van der Waals surface area contributed by atoms with Crippen LogP contribution in [-0.4, -0.2) is 110 Å². The van der Waals surface area contributed by atoms with Crippen molar-refractivity contribution in [1.29, 1.82) is 0 Å². The molecule has 5 rings (SSSR count). The third-order valence-electron chi connectivity index (χ3n) is 6.98. The lowest BCUT2D eigenvalue weighted by molar-refractivity contribution is -0.165. The lowest BCUT2D eigenvalue weighted by atomic mass is 10.1. The van der Waals surface area contributed by atoms with E-state index in [0.29, 0.717) is 0 Å². The summed E-state index contributed by atoms with van der Waals surface area (Å²) in [5.41, 5.74) is 10.8. The molecule has 9 N–H and O–H groups in total. The summed E-state index contributed by atoms with van der Waals surface area (Å²) in [5, 5.41) is 20.8. The number of nitrogens with zero attached hydrogens (tertiary/aromatic N) is 6. The number of ether oxygens (including phenoxy) is 3. The van der Waals surface area contributed by atoms with E-state index in [-0.39, 0.29) is 29.2 Å². The van der Waals surface area contributed by atoms with Crippen LogP contribution in [0.3, 0.4) is 0 Å². The highest BCUT2D eigenvalue weighted by molar-refractivity contribution is 7.47. The van der Waals surface area contributed by atoms with Gasteiger partial charge in [0.25, 0.3) is 0 Å². The van der Waals surface area contributed by atoms with E-state index < -0.39 is 89.6 Å². The van der Waals surface area contributed by atoms with Crippen LogP contribution in [0.25, 0.3) is 11.2 Å². The zero-order valence-electron chi connectivity index (χ0n) is 24.1. The molecule has 25 heteroatoms. The van der Waals surface area contributed by atoms with Crippen LogP contribution in [0.15, 0.2) is 29.7 Å². The second kappa shape index (κ2) is 13.6. The summed E-state index contributed by atoms with van der Waals surface area (Å²) < 4.78 is 58.2. The Balaban J connectivity index is 1.33. The predicted octanol–water partition coefficient (Wildman–Crippen LogP) is -2.30. The van der Waals surface area contributed by atoms with Gasteiger partial charge < -0.3 is 50.6 Å². The van der Waals surface area contributed by atoms with Crippen molar-refractivity contribution in [3.63, 3.8) is 0 Å². The number of phosphoric acid groups is 2. The average Bonchev–Trinajstić information content (AvgIpc) is 3.66. The van der Waals surface area contributed by atoms with E-state index in [1.807, 2.05) is 0 Å². The first kappa shape index (κ1) is 34.9. The third-order valence-corrected chi connectivity index (χ3v) is 8.48. The molecule has 2 saturated heterocycles.